The number of alkyl halides is 6. The van der Waals surface area contributed by atoms with E-state index in [0.29, 0.717) is 18.0 Å². The highest BCUT2D eigenvalue weighted by Gasteiger charge is 2.54. The first-order valence-electron chi connectivity index (χ1n) is 13.2. The summed E-state index contributed by atoms with van der Waals surface area (Å²) < 4.78 is 67.0. The lowest BCUT2D eigenvalue weighted by Crippen LogP contribution is -2.41. The number of imidazole rings is 1. The topological polar surface area (TPSA) is 128 Å². The largest absolute Gasteiger partial charge is 0.458 e. The number of benzene rings is 1. The van der Waals surface area contributed by atoms with Gasteiger partial charge in [0.1, 0.15) is 11.8 Å². The van der Waals surface area contributed by atoms with Crippen LogP contribution >= 0.6 is 0 Å². The minimum Gasteiger partial charge on any atom is -0.326 e. The maximum absolute atomic E-state index is 12.7. The maximum atomic E-state index is 12.7. The lowest BCUT2D eigenvalue weighted by Gasteiger charge is -2.33. The Balaban J connectivity index is 0.000000343. The number of anilines is 1. The molecule has 4 rings (SSSR count). The normalized spacial score (nSPS) is 20.8. The first kappa shape index (κ1) is 32.5. The Morgan fingerprint density at radius 1 is 1.00 bits per heavy atom. The zero-order valence-electron chi connectivity index (χ0n) is 22.7. The van der Waals surface area contributed by atoms with Gasteiger partial charge in [0.25, 0.3) is 5.91 Å². The Kier molecular flexibility index (Phi) is 10.3. The highest BCUT2D eigenvalue weighted by atomic mass is 19.4. The minimum atomic E-state index is -5.77. The van der Waals surface area contributed by atoms with Gasteiger partial charge in [0, 0.05) is 23.3 Å². The van der Waals surface area contributed by atoms with Crippen molar-refractivity contribution in [2.45, 2.75) is 82.7 Å². The van der Waals surface area contributed by atoms with Gasteiger partial charge in [0.2, 0.25) is 0 Å². The number of H-pyrrole nitrogens is 1. The smallest absolute Gasteiger partial charge is 0.326 e. The van der Waals surface area contributed by atoms with E-state index in [4.69, 9.17) is 5.26 Å². The number of amides is 1. The highest BCUT2D eigenvalue weighted by molar-refractivity contribution is 6.41. The number of ketones is 2. The SMILES string of the molecule is C[C@@H]1CC(c2ccc(NC(=O)c3ncc(C#N)[nH]3)c(C3=CCCCC3)c2)C[C@H](C)N1.O=C(C(=O)C(F)(F)F)C(F)(F)F. The van der Waals surface area contributed by atoms with Gasteiger partial charge in [-0.25, -0.2) is 4.98 Å². The van der Waals surface area contributed by atoms with Crippen LogP contribution in [0, 0.1) is 11.3 Å². The van der Waals surface area contributed by atoms with Crippen molar-refractivity contribution in [3.8, 4) is 6.07 Å². The lowest BCUT2D eigenvalue weighted by molar-refractivity contribution is -0.193. The van der Waals surface area contributed by atoms with Crippen molar-refractivity contribution in [3.63, 3.8) is 0 Å². The molecule has 2 aromatic rings. The van der Waals surface area contributed by atoms with Crippen LogP contribution in [-0.4, -0.2) is 51.9 Å². The van der Waals surface area contributed by atoms with E-state index in [0.717, 1.165) is 36.9 Å². The molecule has 0 spiro atoms. The third-order valence-corrected chi connectivity index (χ3v) is 6.88. The number of halogens is 6. The summed E-state index contributed by atoms with van der Waals surface area (Å²) in [6.07, 6.45) is -1.10. The number of piperidine rings is 1. The number of hydrogen-bond acceptors (Lipinski definition) is 6. The van der Waals surface area contributed by atoms with Crippen molar-refractivity contribution in [1.82, 2.24) is 15.3 Å². The molecule has 2 aliphatic rings. The molecule has 1 aliphatic carbocycles. The molecule has 3 atom stereocenters. The van der Waals surface area contributed by atoms with Gasteiger partial charge in [-0.15, -0.1) is 0 Å². The number of nitrogens with one attached hydrogen (secondary N) is 3. The fourth-order valence-electron chi connectivity index (χ4n) is 5.05. The van der Waals surface area contributed by atoms with E-state index in [1.165, 1.54) is 30.2 Å². The fraction of sp³-hybridized carbons (Fsp3) is 0.464. The Morgan fingerprint density at radius 2 is 1.62 bits per heavy atom. The van der Waals surface area contributed by atoms with Crippen molar-refractivity contribution in [2.75, 3.05) is 5.32 Å². The van der Waals surface area contributed by atoms with Crippen molar-refractivity contribution in [3.05, 3.63) is 53.1 Å². The van der Waals surface area contributed by atoms with Gasteiger partial charge in [0.05, 0.1) is 6.20 Å². The van der Waals surface area contributed by atoms with E-state index in [1.54, 1.807) is 0 Å². The fourth-order valence-corrected chi connectivity index (χ4v) is 5.05. The standard InChI is InChI=1S/C24H29N5O.C4F6O2/c1-15-10-19(11-16(2)27-15)18-8-9-22(21(12-18)17-6-4-3-5-7-17)29-24(30)23-26-14-20(13-25)28-23;5-3(6,7)1(11)2(12)4(8,9)10/h6,8-9,12,14-16,19,27H,3-5,7,10-11H2,1-2H3,(H,26,28)(H,29,30);/t15-,16+,19?;. The molecule has 2 heterocycles. The molecular formula is C28H29F6N5O3. The predicted molar refractivity (Wildman–Crippen MR) is 140 cm³/mol. The van der Waals surface area contributed by atoms with Crippen LogP contribution in [0.2, 0.25) is 0 Å². The molecule has 226 valence electrons. The predicted octanol–water partition coefficient (Wildman–Crippen LogP) is 5.98. The Hall–Kier alpha value is -3.99. The number of nitrogens with zero attached hydrogens (tertiary/aromatic N) is 2. The minimum absolute atomic E-state index is 0.153. The zero-order valence-corrected chi connectivity index (χ0v) is 22.7. The highest BCUT2D eigenvalue weighted by Crippen LogP contribution is 2.37. The summed E-state index contributed by atoms with van der Waals surface area (Å²) >= 11 is 0. The third-order valence-electron chi connectivity index (χ3n) is 6.88. The summed E-state index contributed by atoms with van der Waals surface area (Å²) in [5.74, 6) is -6.47. The van der Waals surface area contributed by atoms with Gasteiger partial charge in [-0.1, -0.05) is 12.1 Å². The molecule has 1 unspecified atom stereocenters. The molecular weight excluding hydrogens is 568 g/mol. The zero-order chi connectivity index (χ0) is 31.2. The molecule has 1 aliphatic heterocycles. The van der Waals surface area contributed by atoms with Crippen LogP contribution in [0.15, 0.2) is 30.5 Å². The molecule has 1 aromatic carbocycles. The summed E-state index contributed by atoms with van der Waals surface area (Å²) in [5, 5.41) is 15.6. The quantitative estimate of drug-likeness (QED) is 0.287. The van der Waals surface area contributed by atoms with Crippen LogP contribution in [0.3, 0.4) is 0 Å². The molecule has 0 bridgehead atoms. The maximum Gasteiger partial charge on any atom is 0.458 e. The second-order valence-corrected chi connectivity index (χ2v) is 10.3. The molecule has 1 fully saturated rings. The van der Waals surface area contributed by atoms with Crippen molar-refractivity contribution >= 4 is 28.7 Å². The molecule has 14 heteroatoms. The van der Waals surface area contributed by atoms with Crippen molar-refractivity contribution in [2.24, 2.45) is 0 Å². The third kappa shape index (κ3) is 8.51. The monoisotopic (exact) mass is 597 g/mol. The molecule has 0 saturated carbocycles. The van der Waals surface area contributed by atoms with E-state index < -0.39 is 23.9 Å². The van der Waals surface area contributed by atoms with Crippen molar-refractivity contribution < 1.29 is 40.7 Å². The Bertz CT molecular complexity index is 1360. The summed E-state index contributed by atoms with van der Waals surface area (Å²) in [6, 6.07) is 9.44. The number of aromatic nitrogens is 2. The van der Waals surface area contributed by atoms with Gasteiger partial charge in [-0.05, 0) is 81.6 Å². The second-order valence-electron chi connectivity index (χ2n) is 10.3. The summed E-state index contributed by atoms with van der Waals surface area (Å²) in [5.41, 5.74) is 4.86. The first-order valence-corrected chi connectivity index (χ1v) is 13.2. The average molecular weight is 598 g/mol. The van der Waals surface area contributed by atoms with E-state index in [-0.39, 0.29) is 17.4 Å². The number of carbonyl (C=O) groups is 3. The van der Waals surface area contributed by atoms with Crippen LogP contribution in [-0.2, 0) is 9.59 Å². The van der Waals surface area contributed by atoms with E-state index in [1.807, 2.05) is 12.1 Å². The molecule has 8 nitrogen and oxygen atoms in total. The summed E-state index contributed by atoms with van der Waals surface area (Å²) in [4.78, 5) is 38.7. The number of hydrogen-bond donors (Lipinski definition) is 3. The average Bonchev–Trinajstić information content (AvgIpc) is 3.41. The van der Waals surface area contributed by atoms with E-state index >= 15 is 0 Å². The van der Waals surface area contributed by atoms with E-state index in [2.05, 4.69) is 52.7 Å². The summed E-state index contributed by atoms with van der Waals surface area (Å²) in [6.45, 7) is 4.50. The lowest BCUT2D eigenvalue weighted by atomic mass is 9.82. The molecule has 1 aromatic heterocycles. The Labute approximate surface area is 237 Å². The molecule has 1 amide bonds. The van der Waals surface area contributed by atoms with Gasteiger partial charge < -0.3 is 15.6 Å². The number of carbonyl (C=O) groups excluding carboxylic acids is 3. The van der Waals surface area contributed by atoms with Gasteiger partial charge in [-0.2, -0.15) is 31.6 Å². The van der Waals surface area contributed by atoms with Gasteiger partial charge >= 0.3 is 23.9 Å². The van der Waals surface area contributed by atoms with E-state index in [9.17, 15) is 40.7 Å². The Morgan fingerprint density at radius 3 is 2.12 bits per heavy atom. The molecule has 3 N–H and O–H groups in total. The number of rotatable bonds is 5. The van der Waals surface area contributed by atoms with Crippen molar-refractivity contribution in [1.29, 1.82) is 5.26 Å². The number of Topliss-reactive ketones (excluding diaryl/α,β-unsaturated/α-hetero) is 2. The van der Waals surface area contributed by atoms with Crippen LogP contribution in [0.5, 0.6) is 0 Å². The number of aromatic amines is 1. The molecule has 0 radical (unpaired) electrons. The first-order chi connectivity index (χ1) is 19.6. The molecule has 42 heavy (non-hydrogen) atoms. The molecule has 1 saturated heterocycles. The van der Waals surface area contributed by atoms with Crippen LogP contribution in [0.25, 0.3) is 5.57 Å². The van der Waals surface area contributed by atoms with Gasteiger partial charge in [-0.3, -0.25) is 14.4 Å². The number of nitriles is 1. The van der Waals surface area contributed by atoms with Gasteiger partial charge in [0.15, 0.2) is 5.82 Å². The van der Waals surface area contributed by atoms with Crippen LogP contribution < -0.4 is 10.6 Å². The second kappa shape index (κ2) is 13.3. The summed E-state index contributed by atoms with van der Waals surface area (Å²) in [7, 11) is 0. The number of allylic oxidation sites excluding steroid dienone is 2. The van der Waals surface area contributed by atoms with Crippen LogP contribution in [0.4, 0.5) is 32.0 Å². The van der Waals surface area contributed by atoms with Crippen LogP contribution in [0.1, 0.15) is 85.7 Å².